The molecule has 0 radical (unpaired) electrons. The molecule has 19 heavy (non-hydrogen) atoms. The van der Waals surface area contributed by atoms with E-state index in [-0.39, 0.29) is 11.9 Å². The summed E-state index contributed by atoms with van der Waals surface area (Å²) < 4.78 is 0.908. The van der Waals surface area contributed by atoms with Gasteiger partial charge in [-0.2, -0.15) is 0 Å². The van der Waals surface area contributed by atoms with Crippen molar-refractivity contribution in [2.75, 3.05) is 0 Å². The Hall–Kier alpha value is -1.36. The van der Waals surface area contributed by atoms with E-state index in [4.69, 9.17) is 5.11 Å². The number of rotatable bonds is 4. The molecule has 0 aromatic heterocycles. The first-order chi connectivity index (χ1) is 8.91. The third-order valence-electron chi connectivity index (χ3n) is 3.37. The number of hydrogen-bond acceptors (Lipinski definition) is 2. The zero-order valence-corrected chi connectivity index (χ0v) is 12.5. The van der Waals surface area contributed by atoms with Crippen molar-refractivity contribution in [3.05, 3.63) is 33.8 Å². The minimum atomic E-state index is -0.963. The minimum absolute atomic E-state index is 0.0710. The number of hydrogen-bond donors (Lipinski definition) is 1. The van der Waals surface area contributed by atoms with Crippen LogP contribution in [0.3, 0.4) is 0 Å². The SMILES string of the molecule is Cc1cc(Br)ccc1C(=O)N(C1CC1)C(C)C(=O)O. The van der Waals surface area contributed by atoms with Crippen LogP contribution < -0.4 is 0 Å². The molecule has 0 heterocycles. The van der Waals surface area contributed by atoms with Gasteiger partial charge in [-0.25, -0.2) is 4.79 Å². The zero-order chi connectivity index (χ0) is 14.2. The summed E-state index contributed by atoms with van der Waals surface area (Å²) >= 11 is 3.36. The van der Waals surface area contributed by atoms with Crippen LogP contribution in [0.4, 0.5) is 0 Å². The van der Waals surface area contributed by atoms with Crippen LogP contribution in [0.1, 0.15) is 35.7 Å². The molecule has 102 valence electrons. The van der Waals surface area contributed by atoms with E-state index in [1.54, 1.807) is 19.1 Å². The molecule has 1 fully saturated rings. The number of halogens is 1. The van der Waals surface area contributed by atoms with Gasteiger partial charge in [-0.05, 0) is 50.5 Å². The molecule has 1 amide bonds. The molecular weight excluding hydrogens is 310 g/mol. The number of aliphatic carboxylic acids is 1. The van der Waals surface area contributed by atoms with E-state index in [2.05, 4.69) is 15.9 Å². The van der Waals surface area contributed by atoms with Crippen molar-refractivity contribution in [1.29, 1.82) is 0 Å². The molecule has 2 rings (SSSR count). The van der Waals surface area contributed by atoms with Gasteiger partial charge in [-0.3, -0.25) is 4.79 Å². The Kier molecular flexibility index (Phi) is 3.94. The van der Waals surface area contributed by atoms with Crippen molar-refractivity contribution in [2.45, 2.75) is 38.8 Å². The smallest absolute Gasteiger partial charge is 0.326 e. The van der Waals surface area contributed by atoms with Crippen LogP contribution in [0.25, 0.3) is 0 Å². The lowest BCUT2D eigenvalue weighted by atomic mass is 10.1. The third kappa shape index (κ3) is 2.97. The summed E-state index contributed by atoms with van der Waals surface area (Å²) in [6, 6.07) is 4.69. The molecule has 1 aromatic rings. The van der Waals surface area contributed by atoms with E-state index < -0.39 is 12.0 Å². The van der Waals surface area contributed by atoms with Gasteiger partial charge in [0.05, 0.1) is 0 Å². The molecule has 0 spiro atoms. The molecule has 0 bridgehead atoms. The first kappa shape index (κ1) is 14.1. The predicted molar refractivity (Wildman–Crippen MR) is 75.2 cm³/mol. The fourth-order valence-electron chi connectivity index (χ4n) is 2.14. The van der Waals surface area contributed by atoms with Gasteiger partial charge >= 0.3 is 5.97 Å². The van der Waals surface area contributed by atoms with Crippen LogP contribution in [0.2, 0.25) is 0 Å². The van der Waals surface area contributed by atoms with Gasteiger partial charge in [0, 0.05) is 16.1 Å². The topological polar surface area (TPSA) is 57.6 Å². The van der Waals surface area contributed by atoms with E-state index in [1.807, 2.05) is 13.0 Å². The maximum Gasteiger partial charge on any atom is 0.326 e. The third-order valence-corrected chi connectivity index (χ3v) is 3.86. The van der Waals surface area contributed by atoms with Crippen LogP contribution >= 0.6 is 15.9 Å². The Morgan fingerprint density at radius 1 is 1.42 bits per heavy atom. The molecule has 5 heteroatoms. The molecule has 1 unspecified atom stereocenters. The number of carbonyl (C=O) groups excluding carboxylic acids is 1. The van der Waals surface area contributed by atoms with Crippen molar-refractivity contribution in [3.8, 4) is 0 Å². The number of nitrogens with zero attached hydrogens (tertiary/aromatic N) is 1. The minimum Gasteiger partial charge on any atom is -0.480 e. The van der Waals surface area contributed by atoms with Gasteiger partial charge in [-0.1, -0.05) is 15.9 Å². The molecular formula is C14H16BrNO3. The second-order valence-electron chi connectivity index (χ2n) is 4.92. The zero-order valence-electron chi connectivity index (χ0n) is 10.9. The summed E-state index contributed by atoms with van der Waals surface area (Å²) in [6.45, 7) is 3.42. The lowest BCUT2D eigenvalue weighted by molar-refractivity contribution is -0.141. The Balaban J connectivity index is 2.31. The second kappa shape index (κ2) is 5.33. The monoisotopic (exact) mass is 325 g/mol. The van der Waals surface area contributed by atoms with Crippen LogP contribution in [-0.2, 0) is 4.79 Å². The highest BCUT2D eigenvalue weighted by molar-refractivity contribution is 9.10. The second-order valence-corrected chi connectivity index (χ2v) is 5.83. The van der Waals surface area contributed by atoms with Crippen LogP contribution in [0.15, 0.2) is 22.7 Å². The summed E-state index contributed by atoms with van der Waals surface area (Å²) in [5.41, 5.74) is 1.42. The highest BCUT2D eigenvalue weighted by atomic mass is 79.9. The maximum absolute atomic E-state index is 12.6. The largest absolute Gasteiger partial charge is 0.480 e. The van der Waals surface area contributed by atoms with Gasteiger partial charge in [0.2, 0.25) is 0 Å². The Morgan fingerprint density at radius 2 is 2.05 bits per heavy atom. The average molecular weight is 326 g/mol. The van der Waals surface area contributed by atoms with Crippen molar-refractivity contribution in [1.82, 2.24) is 4.90 Å². The maximum atomic E-state index is 12.6. The summed E-state index contributed by atoms with van der Waals surface area (Å²) in [5, 5.41) is 9.14. The van der Waals surface area contributed by atoms with E-state index in [0.29, 0.717) is 5.56 Å². The lowest BCUT2D eigenvalue weighted by Crippen LogP contribution is -2.44. The average Bonchev–Trinajstić information content (AvgIpc) is 3.13. The van der Waals surface area contributed by atoms with E-state index in [1.165, 1.54) is 4.90 Å². The number of benzene rings is 1. The lowest BCUT2D eigenvalue weighted by Gasteiger charge is -2.27. The normalized spacial score (nSPS) is 15.9. The number of carbonyl (C=O) groups is 2. The molecule has 1 aliphatic carbocycles. The highest BCUT2D eigenvalue weighted by Crippen LogP contribution is 2.31. The molecule has 0 saturated heterocycles. The molecule has 1 aromatic carbocycles. The summed E-state index contributed by atoms with van der Waals surface area (Å²) in [7, 11) is 0. The number of amides is 1. The summed E-state index contributed by atoms with van der Waals surface area (Å²) in [4.78, 5) is 25.2. The quantitative estimate of drug-likeness (QED) is 0.926. The van der Waals surface area contributed by atoms with E-state index in [9.17, 15) is 9.59 Å². The standard InChI is InChI=1S/C14H16BrNO3/c1-8-7-10(15)3-6-12(8)13(17)16(11-4-5-11)9(2)14(18)19/h3,6-7,9,11H,4-5H2,1-2H3,(H,18,19). The van der Waals surface area contributed by atoms with Crippen molar-refractivity contribution >= 4 is 27.8 Å². The van der Waals surface area contributed by atoms with Crippen molar-refractivity contribution < 1.29 is 14.7 Å². The highest BCUT2D eigenvalue weighted by Gasteiger charge is 2.39. The summed E-state index contributed by atoms with van der Waals surface area (Å²) in [6.07, 6.45) is 1.78. The number of aryl methyl sites for hydroxylation is 1. The Bertz CT molecular complexity index is 525. The van der Waals surface area contributed by atoms with Gasteiger partial charge in [0.1, 0.15) is 6.04 Å². The molecule has 4 nitrogen and oxygen atoms in total. The fourth-order valence-corrected chi connectivity index (χ4v) is 2.61. The van der Waals surface area contributed by atoms with Crippen molar-refractivity contribution in [2.24, 2.45) is 0 Å². The number of carboxylic acids is 1. The van der Waals surface area contributed by atoms with Crippen LogP contribution in [0, 0.1) is 6.92 Å². The molecule has 1 atom stereocenters. The molecule has 0 aliphatic heterocycles. The van der Waals surface area contributed by atoms with Gasteiger partial charge in [0.25, 0.3) is 5.91 Å². The summed E-state index contributed by atoms with van der Waals surface area (Å²) in [5.74, 6) is -1.16. The molecule has 1 aliphatic rings. The van der Waals surface area contributed by atoms with E-state index in [0.717, 1.165) is 22.9 Å². The predicted octanol–water partition coefficient (Wildman–Crippen LogP) is 2.84. The van der Waals surface area contributed by atoms with Gasteiger partial charge in [0.15, 0.2) is 0 Å². The first-order valence-corrected chi connectivity index (χ1v) is 7.02. The Labute approximate surface area is 120 Å². The Morgan fingerprint density at radius 3 is 2.53 bits per heavy atom. The molecule has 1 N–H and O–H groups in total. The van der Waals surface area contributed by atoms with Crippen molar-refractivity contribution in [3.63, 3.8) is 0 Å². The van der Waals surface area contributed by atoms with Gasteiger partial charge in [-0.15, -0.1) is 0 Å². The first-order valence-electron chi connectivity index (χ1n) is 6.23. The fraction of sp³-hybridized carbons (Fsp3) is 0.429. The van der Waals surface area contributed by atoms with Crippen LogP contribution in [-0.4, -0.2) is 34.0 Å². The molecule has 1 saturated carbocycles. The van der Waals surface area contributed by atoms with Crippen LogP contribution in [0.5, 0.6) is 0 Å². The van der Waals surface area contributed by atoms with E-state index >= 15 is 0 Å². The number of carboxylic acid groups (broad SMARTS) is 1. The van der Waals surface area contributed by atoms with Gasteiger partial charge < -0.3 is 10.0 Å².